The molecule has 0 spiro atoms. The van der Waals surface area contributed by atoms with Gasteiger partial charge in [0, 0.05) is 16.9 Å². The van der Waals surface area contributed by atoms with E-state index in [2.05, 4.69) is 28.2 Å². The topological polar surface area (TPSA) is 38.3 Å². The summed E-state index contributed by atoms with van der Waals surface area (Å²) in [5.41, 5.74) is 0.669. The number of hydrogen-bond donors (Lipinski definition) is 1. The zero-order chi connectivity index (χ0) is 14.3. The van der Waals surface area contributed by atoms with E-state index in [0.29, 0.717) is 16.9 Å². The van der Waals surface area contributed by atoms with Gasteiger partial charge in [-0.1, -0.05) is 22.9 Å². The summed E-state index contributed by atoms with van der Waals surface area (Å²) in [6.45, 7) is 6.77. The predicted octanol–water partition coefficient (Wildman–Crippen LogP) is 3.77. The maximum absolute atomic E-state index is 11.9. The first-order chi connectivity index (χ1) is 8.99. The molecule has 0 aliphatic rings. The van der Waals surface area contributed by atoms with Crippen molar-refractivity contribution < 1.29 is 9.53 Å². The lowest BCUT2D eigenvalue weighted by Gasteiger charge is -2.10. The van der Waals surface area contributed by atoms with E-state index in [1.807, 2.05) is 26.0 Å². The van der Waals surface area contributed by atoms with Gasteiger partial charge in [-0.25, -0.2) is 0 Å². The van der Waals surface area contributed by atoms with Gasteiger partial charge in [-0.3, -0.25) is 4.79 Å². The van der Waals surface area contributed by atoms with Gasteiger partial charge in [0.15, 0.2) is 0 Å². The summed E-state index contributed by atoms with van der Waals surface area (Å²) < 4.78 is 5.54. The van der Waals surface area contributed by atoms with Gasteiger partial charge in [-0.05, 0) is 51.0 Å². The molecule has 0 aliphatic heterocycles. The van der Waals surface area contributed by atoms with E-state index in [4.69, 9.17) is 4.74 Å². The molecule has 1 aromatic carbocycles. The summed E-state index contributed by atoms with van der Waals surface area (Å²) in [5, 5.41) is 2.91. The van der Waals surface area contributed by atoms with Crippen LogP contribution < -0.4 is 10.1 Å². The first kappa shape index (κ1) is 16.0. The van der Waals surface area contributed by atoms with Crippen LogP contribution in [0.25, 0.3) is 0 Å². The number of rotatable bonds is 7. The van der Waals surface area contributed by atoms with E-state index >= 15 is 0 Å². The Balaban J connectivity index is 2.40. The van der Waals surface area contributed by atoms with Crippen molar-refractivity contribution in [2.45, 2.75) is 44.5 Å². The predicted molar refractivity (Wildman–Crippen MR) is 82.2 cm³/mol. The lowest BCUT2D eigenvalue weighted by atomic mass is 10.2. The van der Waals surface area contributed by atoms with Crippen molar-refractivity contribution in [2.24, 2.45) is 0 Å². The molecule has 0 aromatic heterocycles. The summed E-state index contributed by atoms with van der Waals surface area (Å²) in [4.78, 5) is 12.4. The molecule has 106 valence electrons. The van der Waals surface area contributed by atoms with Gasteiger partial charge in [-0.15, -0.1) is 0 Å². The van der Waals surface area contributed by atoms with Crippen LogP contribution >= 0.6 is 15.9 Å². The molecule has 1 aromatic rings. The molecule has 1 atom stereocenters. The van der Waals surface area contributed by atoms with Crippen molar-refractivity contribution in [3.8, 4) is 5.75 Å². The minimum absolute atomic E-state index is 0.0293. The molecule has 0 heterocycles. The second-order valence-corrected chi connectivity index (χ2v) is 6.43. The van der Waals surface area contributed by atoms with E-state index in [0.717, 1.165) is 18.6 Å². The second-order valence-electron chi connectivity index (χ2n) is 4.87. The fraction of sp³-hybridized carbons (Fsp3) is 0.533. The van der Waals surface area contributed by atoms with Crippen LogP contribution in [0.5, 0.6) is 5.75 Å². The SMILES string of the molecule is CC(Br)CCCNC(=O)c1ccc(OC(C)C)cc1. The van der Waals surface area contributed by atoms with E-state index in [-0.39, 0.29) is 12.0 Å². The van der Waals surface area contributed by atoms with Crippen molar-refractivity contribution >= 4 is 21.8 Å². The lowest BCUT2D eigenvalue weighted by Crippen LogP contribution is -2.24. The maximum atomic E-state index is 11.9. The molecule has 1 unspecified atom stereocenters. The average Bonchev–Trinajstić information content (AvgIpc) is 2.34. The Morgan fingerprint density at radius 3 is 2.42 bits per heavy atom. The highest BCUT2D eigenvalue weighted by Crippen LogP contribution is 2.13. The summed E-state index contributed by atoms with van der Waals surface area (Å²) in [5.74, 6) is 0.762. The van der Waals surface area contributed by atoms with Crippen LogP contribution in [0, 0.1) is 0 Å². The number of alkyl halides is 1. The summed E-state index contributed by atoms with van der Waals surface area (Å²) >= 11 is 3.49. The molecule has 0 fully saturated rings. The maximum Gasteiger partial charge on any atom is 0.251 e. The van der Waals surface area contributed by atoms with Crippen molar-refractivity contribution in [1.29, 1.82) is 0 Å². The van der Waals surface area contributed by atoms with Gasteiger partial charge in [-0.2, -0.15) is 0 Å². The van der Waals surface area contributed by atoms with Gasteiger partial charge >= 0.3 is 0 Å². The molecule has 0 aliphatic carbocycles. The van der Waals surface area contributed by atoms with Gasteiger partial charge in [0.05, 0.1) is 6.10 Å². The van der Waals surface area contributed by atoms with Crippen molar-refractivity contribution in [3.63, 3.8) is 0 Å². The summed E-state index contributed by atoms with van der Waals surface area (Å²) in [7, 11) is 0. The number of nitrogens with one attached hydrogen (secondary N) is 1. The van der Waals surface area contributed by atoms with Crippen LogP contribution in [0.3, 0.4) is 0 Å². The smallest absolute Gasteiger partial charge is 0.251 e. The van der Waals surface area contributed by atoms with E-state index in [1.165, 1.54) is 0 Å². The van der Waals surface area contributed by atoms with Crippen LogP contribution in [0.15, 0.2) is 24.3 Å². The normalized spacial score (nSPS) is 12.3. The molecular formula is C15H22BrNO2. The monoisotopic (exact) mass is 327 g/mol. The number of amides is 1. The highest BCUT2D eigenvalue weighted by Gasteiger charge is 2.05. The quantitative estimate of drug-likeness (QED) is 0.611. The Morgan fingerprint density at radius 2 is 1.89 bits per heavy atom. The molecule has 3 nitrogen and oxygen atoms in total. The van der Waals surface area contributed by atoms with Crippen LogP contribution in [0.2, 0.25) is 0 Å². The average molecular weight is 328 g/mol. The number of benzene rings is 1. The van der Waals surface area contributed by atoms with Crippen LogP contribution in [0.4, 0.5) is 0 Å². The second kappa shape index (κ2) is 8.20. The molecule has 1 rings (SSSR count). The molecule has 0 bridgehead atoms. The van der Waals surface area contributed by atoms with Crippen LogP contribution in [-0.2, 0) is 0 Å². The van der Waals surface area contributed by atoms with E-state index in [9.17, 15) is 4.79 Å². The van der Waals surface area contributed by atoms with Gasteiger partial charge in [0.2, 0.25) is 0 Å². The first-order valence-corrected chi connectivity index (χ1v) is 7.59. The van der Waals surface area contributed by atoms with E-state index < -0.39 is 0 Å². The highest BCUT2D eigenvalue weighted by atomic mass is 79.9. The van der Waals surface area contributed by atoms with Gasteiger partial charge < -0.3 is 10.1 Å². The molecule has 4 heteroatoms. The summed E-state index contributed by atoms with van der Waals surface area (Å²) in [6, 6.07) is 7.24. The van der Waals surface area contributed by atoms with Gasteiger partial charge in [0.25, 0.3) is 5.91 Å². The molecular weight excluding hydrogens is 306 g/mol. The molecule has 0 radical (unpaired) electrons. The fourth-order valence-electron chi connectivity index (χ4n) is 1.64. The molecule has 1 N–H and O–H groups in total. The minimum atomic E-state index is -0.0293. The van der Waals surface area contributed by atoms with Crippen molar-refractivity contribution in [1.82, 2.24) is 5.32 Å². The number of halogens is 1. The largest absolute Gasteiger partial charge is 0.491 e. The van der Waals surface area contributed by atoms with Crippen LogP contribution in [0.1, 0.15) is 44.0 Å². The Hall–Kier alpha value is -1.03. The lowest BCUT2D eigenvalue weighted by molar-refractivity contribution is 0.0953. The number of carbonyl (C=O) groups excluding carboxylic acids is 1. The molecule has 0 saturated heterocycles. The molecule has 19 heavy (non-hydrogen) atoms. The van der Waals surface area contributed by atoms with Crippen molar-refractivity contribution in [3.05, 3.63) is 29.8 Å². The summed E-state index contributed by atoms with van der Waals surface area (Å²) in [6.07, 6.45) is 2.18. The van der Waals surface area contributed by atoms with Crippen molar-refractivity contribution in [2.75, 3.05) is 6.54 Å². The Morgan fingerprint density at radius 1 is 1.26 bits per heavy atom. The fourth-order valence-corrected chi connectivity index (χ4v) is 1.97. The van der Waals surface area contributed by atoms with Crippen LogP contribution in [-0.4, -0.2) is 23.4 Å². The molecule has 1 amide bonds. The Labute approximate surface area is 123 Å². The standard InChI is InChI=1S/C15H22BrNO2/c1-11(2)19-14-8-6-13(7-9-14)15(18)17-10-4-5-12(3)16/h6-9,11-12H,4-5,10H2,1-3H3,(H,17,18). The number of ether oxygens (including phenoxy) is 1. The zero-order valence-electron chi connectivity index (χ0n) is 11.8. The third kappa shape index (κ3) is 6.62. The molecule has 0 saturated carbocycles. The highest BCUT2D eigenvalue weighted by molar-refractivity contribution is 9.09. The first-order valence-electron chi connectivity index (χ1n) is 6.68. The third-order valence-electron chi connectivity index (χ3n) is 2.55. The van der Waals surface area contributed by atoms with Gasteiger partial charge in [0.1, 0.15) is 5.75 Å². The third-order valence-corrected chi connectivity index (χ3v) is 3.01. The number of carbonyl (C=O) groups is 1. The zero-order valence-corrected chi connectivity index (χ0v) is 13.4. The number of hydrogen-bond acceptors (Lipinski definition) is 2. The Bertz CT molecular complexity index is 388. The van der Waals surface area contributed by atoms with E-state index in [1.54, 1.807) is 12.1 Å². The minimum Gasteiger partial charge on any atom is -0.491 e. The Kier molecular flexibility index (Phi) is 6.92.